The van der Waals surface area contributed by atoms with Gasteiger partial charge in [0.2, 0.25) is 0 Å². The van der Waals surface area contributed by atoms with Crippen molar-refractivity contribution in [3.05, 3.63) is 35.4 Å². The van der Waals surface area contributed by atoms with Crippen LogP contribution in [0.5, 0.6) is 0 Å². The van der Waals surface area contributed by atoms with Gasteiger partial charge in [-0.25, -0.2) is 8.78 Å². The normalized spacial score (nSPS) is 11.1. The molecule has 0 fully saturated rings. The number of halogens is 2. The lowest BCUT2D eigenvalue weighted by atomic mass is 10.1. The Bertz CT molecular complexity index is 504. The quantitative estimate of drug-likeness (QED) is 0.836. The van der Waals surface area contributed by atoms with Crippen LogP contribution in [0.1, 0.15) is 20.7 Å². The van der Waals surface area contributed by atoms with E-state index in [0.29, 0.717) is 5.56 Å². The molecule has 0 radical (unpaired) electrons. The van der Waals surface area contributed by atoms with E-state index in [-0.39, 0.29) is 11.5 Å². The summed E-state index contributed by atoms with van der Waals surface area (Å²) in [6.07, 6.45) is 0. The van der Waals surface area contributed by atoms with Gasteiger partial charge in [0.25, 0.3) is 17.7 Å². The Balaban J connectivity index is 2.79. The Morgan fingerprint density at radius 3 is 2.45 bits per heavy atom. The molecule has 0 spiro atoms. The highest BCUT2D eigenvalue weighted by molar-refractivity contribution is 5.99. The average molecular weight is 285 g/mol. The summed E-state index contributed by atoms with van der Waals surface area (Å²) in [5, 5.41) is 2.09. The molecule has 7 heteroatoms. The van der Waals surface area contributed by atoms with Gasteiger partial charge in [-0.2, -0.15) is 0 Å². The molecule has 20 heavy (non-hydrogen) atoms. The van der Waals surface area contributed by atoms with E-state index in [1.54, 1.807) is 20.2 Å². The second-order valence-electron chi connectivity index (χ2n) is 4.52. The molecule has 1 aromatic carbocycles. The molecule has 0 aliphatic rings. The lowest BCUT2D eigenvalue weighted by Crippen LogP contribution is -2.41. The number of hydrogen-bond donors (Lipinski definition) is 2. The minimum absolute atomic E-state index is 0.144. The first-order chi connectivity index (χ1) is 9.26. The summed E-state index contributed by atoms with van der Waals surface area (Å²) in [6.45, 7) is -1.68. The number of carbonyl (C=O) groups excluding carboxylic acids is 2. The lowest BCUT2D eigenvalue weighted by Gasteiger charge is -2.15. The maximum atomic E-state index is 12.9. The molecule has 5 nitrogen and oxygen atoms in total. The van der Waals surface area contributed by atoms with Crippen molar-refractivity contribution < 1.29 is 18.4 Å². The monoisotopic (exact) mass is 285 g/mol. The van der Waals surface area contributed by atoms with E-state index in [9.17, 15) is 18.4 Å². The highest BCUT2D eigenvalue weighted by Crippen LogP contribution is 2.11. The first-order valence-electron chi connectivity index (χ1n) is 5.94. The van der Waals surface area contributed by atoms with E-state index in [0.717, 1.165) is 0 Å². The van der Waals surface area contributed by atoms with Gasteiger partial charge in [-0.1, -0.05) is 6.07 Å². The molecule has 0 aliphatic heterocycles. The molecule has 0 aromatic heterocycles. The summed E-state index contributed by atoms with van der Waals surface area (Å²) in [4.78, 5) is 24.8. The maximum Gasteiger partial charge on any atom is 0.277 e. The smallest absolute Gasteiger partial charge is 0.277 e. The van der Waals surface area contributed by atoms with Gasteiger partial charge in [0.1, 0.15) is 0 Å². The van der Waals surface area contributed by atoms with Gasteiger partial charge in [-0.05, 0) is 18.2 Å². The molecule has 0 atom stereocenters. The summed E-state index contributed by atoms with van der Waals surface area (Å²) >= 11 is 0. The van der Waals surface area contributed by atoms with E-state index in [4.69, 9.17) is 5.73 Å². The zero-order valence-electron chi connectivity index (χ0n) is 11.3. The Morgan fingerprint density at radius 2 is 1.90 bits per heavy atom. The highest BCUT2D eigenvalue weighted by atomic mass is 19.3. The van der Waals surface area contributed by atoms with Gasteiger partial charge in [-0.15, -0.1) is 0 Å². The standard InChI is InChI=1S/C13H17F2N3O2/c1-18(2)12(20)10-5-3-4-9(6-10)11(19)17-8-13(14,15)7-16/h3-6H,7-8,16H2,1-2H3,(H,17,19). The van der Waals surface area contributed by atoms with Crippen molar-refractivity contribution in [2.75, 3.05) is 27.2 Å². The molecule has 3 N–H and O–H groups in total. The first-order valence-corrected chi connectivity index (χ1v) is 5.94. The van der Waals surface area contributed by atoms with Crippen LogP contribution in [0.25, 0.3) is 0 Å². The number of nitrogens with two attached hydrogens (primary N) is 1. The van der Waals surface area contributed by atoms with Crippen molar-refractivity contribution in [3.63, 3.8) is 0 Å². The molecule has 0 aliphatic carbocycles. The third kappa shape index (κ3) is 4.27. The molecule has 110 valence electrons. The van der Waals surface area contributed by atoms with Crippen LogP contribution < -0.4 is 11.1 Å². The fourth-order valence-electron chi connectivity index (χ4n) is 1.44. The highest BCUT2D eigenvalue weighted by Gasteiger charge is 2.27. The van der Waals surface area contributed by atoms with Crippen molar-refractivity contribution in [1.82, 2.24) is 10.2 Å². The summed E-state index contributed by atoms with van der Waals surface area (Å²) in [6, 6.07) is 5.88. The fraction of sp³-hybridized carbons (Fsp3) is 0.385. The van der Waals surface area contributed by atoms with E-state index in [1.807, 2.05) is 0 Å². The predicted octanol–water partition coefficient (Wildman–Crippen LogP) is 0.712. The summed E-state index contributed by atoms with van der Waals surface area (Å²) in [5.74, 6) is -4.09. The Kier molecular flexibility index (Phi) is 5.15. The Morgan fingerprint density at radius 1 is 1.30 bits per heavy atom. The van der Waals surface area contributed by atoms with Gasteiger partial charge in [-0.3, -0.25) is 9.59 Å². The van der Waals surface area contributed by atoms with Crippen molar-refractivity contribution in [2.45, 2.75) is 5.92 Å². The van der Waals surface area contributed by atoms with Gasteiger partial charge < -0.3 is 16.0 Å². The van der Waals surface area contributed by atoms with Crippen LogP contribution in [0.2, 0.25) is 0 Å². The molecule has 0 saturated heterocycles. The zero-order chi connectivity index (χ0) is 15.3. The number of nitrogens with one attached hydrogen (secondary N) is 1. The zero-order valence-corrected chi connectivity index (χ0v) is 11.3. The van der Waals surface area contributed by atoms with E-state index >= 15 is 0 Å². The van der Waals surface area contributed by atoms with Gasteiger partial charge >= 0.3 is 0 Å². The second kappa shape index (κ2) is 6.42. The summed E-state index contributed by atoms with van der Waals surface area (Å²) < 4.78 is 25.9. The van der Waals surface area contributed by atoms with Crippen LogP contribution >= 0.6 is 0 Å². The van der Waals surface area contributed by atoms with Crippen LogP contribution in [0.3, 0.4) is 0 Å². The van der Waals surface area contributed by atoms with Gasteiger partial charge in [0.15, 0.2) is 0 Å². The molecule has 1 aromatic rings. The van der Waals surface area contributed by atoms with Crippen molar-refractivity contribution in [1.29, 1.82) is 0 Å². The lowest BCUT2D eigenvalue weighted by molar-refractivity contribution is 0.0118. The van der Waals surface area contributed by atoms with E-state index < -0.39 is 24.9 Å². The average Bonchev–Trinajstić information content (AvgIpc) is 2.44. The SMILES string of the molecule is CN(C)C(=O)c1cccc(C(=O)NCC(F)(F)CN)c1. The molecule has 1 rings (SSSR count). The Hall–Kier alpha value is -2.02. The largest absolute Gasteiger partial charge is 0.346 e. The molecular weight excluding hydrogens is 268 g/mol. The van der Waals surface area contributed by atoms with Gasteiger partial charge in [0, 0.05) is 25.2 Å². The molecule has 0 unspecified atom stereocenters. The van der Waals surface area contributed by atoms with Crippen LogP contribution in [0.4, 0.5) is 8.78 Å². The van der Waals surface area contributed by atoms with Crippen LogP contribution in [0.15, 0.2) is 24.3 Å². The number of hydrogen-bond acceptors (Lipinski definition) is 3. The van der Waals surface area contributed by atoms with E-state index in [1.165, 1.54) is 23.1 Å². The fourth-order valence-corrected chi connectivity index (χ4v) is 1.44. The maximum absolute atomic E-state index is 12.9. The predicted molar refractivity (Wildman–Crippen MR) is 70.8 cm³/mol. The third-order valence-electron chi connectivity index (χ3n) is 2.58. The van der Waals surface area contributed by atoms with Gasteiger partial charge in [0.05, 0.1) is 13.1 Å². The first kappa shape index (κ1) is 16.0. The molecule has 0 saturated carbocycles. The van der Waals surface area contributed by atoms with Crippen LogP contribution in [0, 0.1) is 0 Å². The number of alkyl halides is 2. The molecular formula is C13H17F2N3O2. The number of rotatable bonds is 5. The summed E-state index contributed by atoms with van der Waals surface area (Å²) in [5.41, 5.74) is 5.33. The van der Waals surface area contributed by atoms with Crippen molar-refractivity contribution in [3.8, 4) is 0 Å². The number of nitrogens with zero attached hydrogens (tertiary/aromatic N) is 1. The topological polar surface area (TPSA) is 75.4 Å². The summed E-state index contributed by atoms with van der Waals surface area (Å²) in [7, 11) is 3.16. The van der Waals surface area contributed by atoms with Crippen molar-refractivity contribution in [2.24, 2.45) is 5.73 Å². The van der Waals surface area contributed by atoms with Crippen LogP contribution in [-0.4, -0.2) is 49.8 Å². The van der Waals surface area contributed by atoms with Crippen molar-refractivity contribution >= 4 is 11.8 Å². The third-order valence-corrected chi connectivity index (χ3v) is 2.58. The molecule has 0 bridgehead atoms. The number of benzene rings is 1. The minimum atomic E-state index is -3.15. The van der Waals surface area contributed by atoms with E-state index in [2.05, 4.69) is 5.32 Å². The Labute approximate surface area is 115 Å². The number of amides is 2. The molecule has 0 heterocycles. The second-order valence-corrected chi connectivity index (χ2v) is 4.52. The molecule has 2 amide bonds. The van der Waals surface area contributed by atoms with Crippen LogP contribution in [-0.2, 0) is 0 Å². The number of carbonyl (C=O) groups is 2. The minimum Gasteiger partial charge on any atom is -0.346 e.